The van der Waals surface area contributed by atoms with Crippen LogP contribution in [0, 0.1) is 0 Å². The summed E-state index contributed by atoms with van der Waals surface area (Å²) in [5.41, 5.74) is 7.69. The first-order valence-corrected chi connectivity index (χ1v) is 8.88. The second-order valence-electron chi connectivity index (χ2n) is 6.26. The quantitative estimate of drug-likeness (QED) is 0.553. The summed E-state index contributed by atoms with van der Waals surface area (Å²) in [5.74, 6) is 0.378. The summed E-state index contributed by atoms with van der Waals surface area (Å²) in [4.78, 5) is 15.4. The fourth-order valence-corrected chi connectivity index (χ4v) is 3.39. The molecule has 4 rings (SSSR count). The number of aryl methyl sites for hydroxylation is 2. The van der Waals surface area contributed by atoms with Crippen LogP contribution in [0.25, 0.3) is 28.1 Å². The second-order valence-corrected chi connectivity index (χ2v) is 6.67. The molecule has 0 aliphatic heterocycles. The van der Waals surface area contributed by atoms with Crippen molar-refractivity contribution in [2.45, 2.75) is 19.4 Å². The van der Waals surface area contributed by atoms with E-state index in [0.717, 1.165) is 16.6 Å². The van der Waals surface area contributed by atoms with E-state index in [4.69, 9.17) is 17.3 Å². The molecular weight excluding hydrogens is 366 g/mol. The molecule has 4 aromatic rings. The monoisotopic (exact) mass is 383 g/mol. The third-order valence-electron chi connectivity index (χ3n) is 4.39. The molecule has 3 heterocycles. The van der Waals surface area contributed by atoms with Gasteiger partial charge in [-0.3, -0.25) is 18.7 Å². The van der Waals surface area contributed by atoms with E-state index in [9.17, 15) is 4.79 Å². The number of rotatable bonds is 6. The molecule has 8 nitrogen and oxygen atoms in total. The first-order chi connectivity index (χ1) is 13.0. The number of amides is 1. The second kappa shape index (κ2) is 6.88. The molecule has 2 N–H and O–H groups in total. The van der Waals surface area contributed by atoms with Gasteiger partial charge in [-0.05, 0) is 18.6 Å². The van der Waals surface area contributed by atoms with Gasteiger partial charge in [0, 0.05) is 44.0 Å². The van der Waals surface area contributed by atoms with Crippen molar-refractivity contribution in [3.05, 3.63) is 48.0 Å². The largest absolute Gasteiger partial charge is 0.370 e. The molecule has 27 heavy (non-hydrogen) atoms. The zero-order valence-electron chi connectivity index (χ0n) is 14.7. The van der Waals surface area contributed by atoms with Crippen LogP contribution in [0.1, 0.15) is 12.8 Å². The number of primary amides is 1. The fourth-order valence-electron chi connectivity index (χ4n) is 3.13. The highest BCUT2D eigenvalue weighted by atomic mass is 35.5. The molecule has 0 aliphatic carbocycles. The molecule has 0 spiro atoms. The topological polar surface area (TPSA) is 96.6 Å². The van der Waals surface area contributed by atoms with E-state index in [2.05, 4.69) is 15.2 Å². The number of hydrogen-bond acceptors (Lipinski definition) is 4. The standard InChI is InChI=1S/C18H18ClN7O/c1-24-14-5-2-4-13(19)16(14)17(23-24)18-21-7-9-26(18)12-10-22-25(11-12)8-3-6-15(20)27/h2,4-5,7,9-11H,3,6,8H2,1H3,(H2,20,27). The SMILES string of the molecule is Cn1nc(-c2nccn2-c2cnn(CCCC(N)=O)c2)c2c(Cl)cccc21. The molecule has 0 atom stereocenters. The number of halogens is 1. The number of nitrogens with two attached hydrogens (primary N) is 1. The molecule has 0 radical (unpaired) electrons. The van der Waals surface area contributed by atoms with Crippen molar-refractivity contribution in [3.8, 4) is 17.2 Å². The van der Waals surface area contributed by atoms with Gasteiger partial charge in [0.15, 0.2) is 5.82 Å². The molecule has 1 aromatic carbocycles. The van der Waals surface area contributed by atoms with Gasteiger partial charge in [-0.2, -0.15) is 10.2 Å². The number of benzene rings is 1. The van der Waals surface area contributed by atoms with E-state index in [1.165, 1.54) is 0 Å². The lowest BCUT2D eigenvalue weighted by molar-refractivity contribution is -0.118. The molecule has 3 aromatic heterocycles. The molecule has 0 saturated carbocycles. The van der Waals surface area contributed by atoms with Crippen molar-refractivity contribution in [2.24, 2.45) is 12.8 Å². The predicted molar refractivity (Wildman–Crippen MR) is 102 cm³/mol. The summed E-state index contributed by atoms with van der Waals surface area (Å²) < 4.78 is 5.50. The van der Waals surface area contributed by atoms with Gasteiger partial charge in [-0.15, -0.1) is 0 Å². The highest BCUT2D eigenvalue weighted by Crippen LogP contribution is 2.33. The average Bonchev–Trinajstić information content (AvgIpc) is 3.33. The van der Waals surface area contributed by atoms with Gasteiger partial charge in [0.05, 0.1) is 22.4 Å². The maximum Gasteiger partial charge on any atom is 0.217 e. The van der Waals surface area contributed by atoms with Crippen molar-refractivity contribution < 1.29 is 4.79 Å². The van der Waals surface area contributed by atoms with Crippen LogP contribution >= 0.6 is 11.6 Å². The van der Waals surface area contributed by atoms with Crippen molar-refractivity contribution >= 4 is 28.4 Å². The van der Waals surface area contributed by atoms with Gasteiger partial charge in [-0.25, -0.2) is 4.98 Å². The average molecular weight is 384 g/mol. The minimum absolute atomic E-state index is 0.307. The van der Waals surface area contributed by atoms with E-state index in [1.807, 2.05) is 42.2 Å². The molecular formula is C18H18ClN7O. The van der Waals surface area contributed by atoms with Crippen molar-refractivity contribution in [3.63, 3.8) is 0 Å². The van der Waals surface area contributed by atoms with Crippen molar-refractivity contribution in [2.75, 3.05) is 0 Å². The van der Waals surface area contributed by atoms with E-state index >= 15 is 0 Å². The lowest BCUT2D eigenvalue weighted by atomic mass is 10.2. The molecule has 1 amide bonds. The smallest absolute Gasteiger partial charge is 0.217 e. The van der Waals surface area contributed by atoms with E-state index in [-0.39, 0.29) is 5.91 Å². The van der Waals surface area contributed by atoms with Gasteiger partial charge in [0.2, 0.25) is 5.91 Å². The van der Waals surface area contributed by atoms with E-state index in [1.54, 1.807) is 21.8 Å². The number of imidazole rings is 1. The minimum atomic E-state index is -0.307. The zero-order chi connectivity index (χ0) is 19.0. The van der Waals surface area contributed by atoms with Gasteiger partial charge in [0.1, 0.15) is 5.69 Å². The Kier molecular flexibility index (Phi) is 4.41. The Hall–Kier alpha value is -3.13. The first-order valence-electron chi connectivity index (χ1n) is 8.50. The van der Waals surface area contributed by atoms with Gasteiger partial charge >= 0.3 is 0 Å². The highest BCUT2D eigenvalue weighted by molar-refractivity contribution is 6.36. The van der Waals surface area contributed by atoms with Crippen molar-refractivity contribution in [1.29, 1.82) is 0 Å². The molecule has 0 bridgehead atoms. The summed E-state index contributed by atoms with van der Waals surface area (Å²) >= 11 is 6.43. The molecule has 9 heteroatoms. The molecule has 0 saturated heterocycles. The van der Waals surface area contributed by atoms with Crippen LogP contribution < -0.4 is 5.73 Å². The Morgan fingerprint density at radius 3 is 3.00 bits per heavy atom. The number of hydrogen-bond donors (Lipinski definition) is 1. The Morgan fingerprint density at radius 1 is 1.33 bits per heavy atom. The van der Waals surface area contributed by atoms with Crippen LogP contribution in [0.5, 0.6) is 0 Å². The Labute approximate surface area is 160 Å². The normalized spacial score (nSPS) is 11.3. The van der Waals surface area contributed by atoms with Crippen LogP contribution in [0.4, 0.5) is 0 Å². The maximum absolute atomic E-state index is 10.9. The number of fused-ring (bicyclic) bond motifs is 1. The van der Waals surface area contributed by atoms with Crippen LogP contribution in [-0.2, 0) is 18.4 Å². The highest BCUT2D eigenvalue weighted by Gasteiger charge is 2.18. The summed E-state index contributed by atoms with van der Waals surface area (Å²) in [7, 11) is 1.88. The Morgan fingerprint density at radius 2 is 2.19 bits per heavy atom. The van der Waals surface area contributed by atoms with Crippen molar-refractivity contribution in [1.82, 2.24) is 29.1 Å². The molecule has 0 aliphatic rings. The van der Waals surface area contributed by atoms with E-state index in [0.29, 0.717) is 35.9 Å². The number of carbonyl (C=O) groups excluding carboxylic acids is 1. The number of carbonyl (C=O) groups is 1. The lowest BCUT2D eigenvalue weighted by Gasteiger charge is -2.04. The van der Waals surface area contributed by atoms with Crippen LogP contribution in [0.15, 0.2) is 43.0 Å². The summed E-state index contributed by atoms with van der Waals surface area (Å²) in [6.07, 6.45) is 8.22. The zero-order valence-corrected chi connectivity index (χ0v) is 15.5. The molecule has 138 valence electrons. The molecule has 0 fully saturated rings. The van der Waals surface area contributed by atoms with E-state index < -0.39 is 0 Å². The summed E-state index contributed by atoms with van der Waals surface area (Å²) in [6.45, 7) is 0.616. The number of nitrogens with zero attached hydrogens (tertiary/aromatic N) is 6. The molecule has 0 unspecified atom stereocenters. The van der Waals surface area contributed by atoms with Crippen LogP contribution in [-0.4, -0.2) is 35.0 Å². The third-order valence-corrected chi connectivity index (χ3v) is 4.70. The summed E-state index contributed by atoms with van der Waals surface area (Å²) in [5, 5.41) is 10.5. The van der Waals surface area contributed by atoms with Gasteiger partial charge in [-0.1, -0.05) is 17.7 Å². The summed E-state index contributed by atoms with van der Waals surface area (Å²) in [6, 6.07) is 5.72. The van der Waals surface area contributed by atoms with Crippen LogP contribution in [0.3, 0.4) is 0 Å². The van der Waals surface area contributed by atoms with Gasteiger partial charge < -0.3 is 5.73 Å². The predicted octanol–water partition coefficient (Wildman–Crippen LogP) is 2.54. The number of aromatic nitrogens is 6. The lowest BCUT2D eigenvalue weighted by Crippen LogP contribution is -2.11. The first kappa shape index (κ1) is 17.3. The Balaban J connectivity index is 1.71. The maximum atomic E-state index is 10.9. The van der Waals surface area contributed by atoms with Crippen LogP contribution in [0.2, 0.25) is 5.02 Å². The third kappa shape index (κ3) is 3.19. The Bertz CT molecular complexity index is 1120. The minimum Gasteiger partial charge on any atom is -0.370 e. The fraction of sp³-hybridized carbons (Fsp3) is 0.222. The van der Waals surface area contributed by atoms with Gasteiger partial charge in [0.25, 0.3) is 0 Å².